The molecule has 3 atom stereocenters. The van der Waals surface area contributed by atoms with Crippen molar-refractivity contribution in [2.24, 2.45) is 5.92 Å². The maximum Gasteiger partial charge on any atom is 0.251 e. The van der Waals surface area contributed by atoms with Crippen LogP contribution in [0.3, 0.4) is 0 Å². The van der Waals surface area contributed by atoms with Gasteiger partial charge in [0.25, 0.3) is 5.91 Å². The molecule has 0 bridgehead atoms. The van der Waals surface area contributed by atoms with Crippen molar-refractivity contribution in [2.45, 2.75) is 51.2 Å². The monoisotopic (exact) mass is 544 g/mol. The second-order valence-corrected chi connectivity index (χ2v) is 11.5. The van der Waals surface area contributed by atoms with E-state index < -0.39 is 12.1 Å². The molecule has 3 unspecified atom stereocenters. The number of thiophene rings is 1. The van der Waals surface area contributed by atoms with Crippen LogP contribution in [0.2, 0.25) is 0 Å². The quantitative estimate of drug-likeness (QED) is 0.467. The maximum atomic E-state index is 13.8. The zero-order valence-corrected chi connectivity index (χ0v) is 22.9. The molecule has 5 rings (SSSR count). The first-order valence-electron chi connectivity index (χ1n) is 13.3. The highest BCUT2D eigenvalue weighted by Gasteiger charge is 2.52. The summed E-state index contributed by atoms with van der Waals surface area (Å²) in [5.41, 5.74) is 2.29. The van der Waals surface area contributed by atoms with Crippen molar-refractivity contribution >= 4 is 34.8 Å². The van der Waals surface area contributed by atoms with Crippen LogP contribution in [-0.4, -0.2) is 69.5 Å². The topological polar surface area (TPSA) is 99.7 Å². The number of hydrogen-bond acceptors (Lipinski definition) is 6. The zero-order chi connectivity index (χ0) is 27.5. The average molecular weight is 545 g/mol. The second-order valence-electron chi connectivity index (χ2n) is 10.6. The Labute approximate surface area is 232 Å². The van der Waals surface area contributed by atoms with Gasteiger partial charge in [0.15, 0.2) is 5.78 Å². The molecule has 2 aliphatic heterocycles. The highest BCUT2D eigenvalue weighted by atomic mass is 32.1. The lowest BCUT2D eigenvalue weighted by atomic mass is 10.0. The number of nitrogens with zero attached hydrogens (tertiary/aromatic N) is 3. The highest BCUT2D eigenvalue weighted by Crippen LogP contribution is 2.31. The number of amides is 3. The molecule has 2 fully saturated rings. The van der Waals surface area contributed by atoms with E-state index in [2.05, 4.69) is 10.3 Å². The Balaban J connectivity index is 1.27. The maximum absolute atomic E-state index is 13.8. The molecule has 9 heteroatoms. The Morgan fingerprint density at radius 2 is 1.87 bits per heavy atom. The first-order valence-corrected chi connectivity index (χ1v) is 14.2. The van der Waals surface area contributed by atoms with Gasteiger partial charge in [-0.1, -0.05) is 38.1 Å². The van der Waals surface area contributed by atoms with E-state index in [1.165, 1.54) is 0 Å². The summed E-state index contributed by atoms with van der Waals surface area (Å²) in [6.45, 7) is 4.36. The van der Waals surface area contributed by atoms with E-state index in [1.807, 2.05) is 49.6 Å². The predicted molar refractivity (Wildman–Crippen MR) is 149 cm³/mol. The fraction of sp³-hybridized carbons (Fsp3) is 0.367. The molecule has 0 saturated carbocycles. The Morgan fingerprint density at radius 1 is 1.08 bits per heavy atom. The molecule has 2 aromatic heterocycles. The summed E-state index contributed by atoms with van der Waals surface area (Å²) in [5.74, 6) is -0.723. The van der Waals surface area contributed by atoms with E-state index in [-0.39, 0.29) is 48.4 Å². The van der Waals surface area contributed by atoms with E-state index in [4.69, 9.17) is 0 Å². The van der Waals surface area contributed by atoms with Gasteiger partial charge in [-0.15, -0.1) is 11.3 Å². The third-order valence-corrected chi connectivity index (χ3v) is 8.29. The van der Waals surface area contributed by atoms with Crippen LogP contribution in [0.15, 0.2) is 66.3 Å². The van der Waals surface area contributed by atoms with Crippen LogP contribution < -0.4 is 5.32 Å². The van der Waals surface area contributed by atoms with Crippen molar-refractivity contribution in [3.8, 4) is 10.4 Å². The van der Waals surface area contributed by atoms with Gasteiger partial charge in [0.2, 0.25) is 11.8 Å². The highest BCUT2D eigenvalue weighted by molar-refractivity contribution is 7.13. The van der Waals surface area contributed by atoms with Crippen LogP contribution in [0.1, 0.15) is 42.6 Å². The molecule has 202 valence electrons. The lowest BCUT2D eigenvalue weighted by Crippen LogP contribution is -2.53. The van der Waals surface area contributed by atoms with E-state index in [0.29, 0.717) is 24.9 Å². The van der Waals surface area contributed by atoms with Crippen molar-refractivity contribution < 1.29 is 19.2 Å². The summed E-state index contributed by atoms with van der Waals surface area (Å²) >= 11 is 1.63. The summed E-state index contributed by atoms with van der Waals surface area (Å²) < 4.78 is 0. The van der Waals surface area contributed by atoms with Gasteiger partial charge in [0.1, 0.15) is 12.1 Å². The number of Topliss-reactive ketones (excluding diaryl/α,β-unsaturated/α-hetero) is 1. The molecule has 3 amide bonds. The number of aromatic nitrogens is 1. The third-order valence-electron chi connectivity index (χ3n) is 7.37. The largest absolute Gasteiger partial charge is 0.340 e. The van der Waals surface area contributed by atoms with Crippen molar-refractivity contribution in [1.82, 2.24) is 20.1 Å². The standard InChI is InChI=1S/C30H32N4O4S/c1-19(2)15-23(32-29(37)22-9-7-21(8-10-22)26-6-4-14-39-26)30(38)33-13-11-24-28(33)25(35)18-34(24)27(36)16-20-5-3-12-31-17-20/h3-10,12,14,17,19,23-24,28H,11,13,15-16,18H2,1-2H3,(H,32,37). The number of hydrogen-bond donors (Lipinski definition) is 1. The Morgan fingerprint density at radius 3 is 2.54 bits per heavy atom. The van der Waals surface area contributed by atoms with Gasteiger partial charge in [0.05, 0.1) is 19.0 Å². The Bertz CT molecular complexity index is 1340. The van der Waals surface area contributed by atoms with E-state index >= 15 is 0 Å². The van der Waals surface area contributed by atoms with Gasteiger partial charge in [-0.25, -0.2) is 0 Å². The molecule has 3 aromatic rings. The molecule has 0 spiro atoms. The summed E-state index contributed by atoms with van der Waals surface area (Å²) in [5, 5.41) is 4.94. The minimum atomic E-state index is -0.763. The number of benzene rings is 1. The van der Waals surface area contributed by atoms with Crippen molar-refractivity contribution in [3.63, 3.8) is 0 Å². The SMILES string of the molecule is CC(C)CC(NC(=O)c1ccc(-c2cccs2)cc1)C(=O)N1CCC2C1C(=O)CN2C(=O)Cc1cccnc1. The first kappa shape index (κ1) is 26.7. The van der Waals surface area contributed by atoms with Crippen LogP contribution in [0.25, 0.3) is 10.4 Å². The predicted octanol–water partition coefficient (Wildman–Crippen LogP) is 3.58. The number of pyridine rings is 1. The average Bonchev–Trinajstić information content (AvgIpc) is 3.68. The lowest BCUT2D eigenvalue weighted by Gasteiger charge is -2.29. The van der Waals surface area contributed by atoms with E-state index in [9.17, 15) is 19.2 Å². The summed E-state index contributed by atoms with van der Waals surface area (Å²) in [6.07, 6.45) is 4.44. The number of carbonyl (C=O) groups excluding carboxylic acids is 4. The Kier molecular flexibility index (Phi) is 7.88. The summed E-state index contributed by atoms with van der Waals surface area (Å²) in [7, 11) is 0. The molecular formula is C30H32N4O4S. The van der Waals surface area contributed by atoms with Gasteiger partial charge in [-0.2, -0.15) is 0 Å². The second kappa shape index (κ2) is 11.5. The van der Waals surface area contributed by atoms with E-state index in [0.717, 1.165) is 16.0 Å². The smallest absolute Gasteiger partial charge is 0.251 e. The van der Waals surface area contributed by atoms with Crippen LogP contribution in [0.4, 0.5) is 0 Å². The molecular weight excluding hydrogens is 512 g/mol. The lowest BCUT2D eigenvalue weighted by molar-refractivity contribution is -0.138. The molecule has 39 heavy (non-hydrogen) atoms. The number of carbonyl (C=O) groups is 4. The van der Waals surface area contributed by atoms with Gasteiger partial charge < -0.3 is 15.1 Å². The Hall–Kier alpha value is -3.85. The van der Waals surface area contributed by atoms with Crippen molar-refractivity contribution in [3.05, 3.63) is 77.4 Å². The van der Waals surface area contributed by atoms with Gasteiger partial charge in [-0.05, 0) is 59.5 Å². The minimum Gasteiger partial charge on any atom is -0.340 e. The molecule has 2 aliphatic rings. The van der Waals surface area contributed by atoms with Crippen LogP contribution in [0, 0.1) is 5.92 Å². The normalized spacial score (nSPS) is 19.3. The zero-order valence-electron chi connectivity index (χ0n) is 22.1. The van der Waals surface area contributed by atoms with Gasteiger partial charge >= 0.3 is 0 Å². The van der Waals surface area contributed by atoms with Gasteiger partial charge in [-0.3, -0.25) is 24.2 Å². The van der Waals surface area contributed by atoms with Crippen LogP contribution in [-0.2, 0) is 20.8 Å². The molecule has 4 heterocycles. The molecule has 1 aromatic carbocycles. The molecule has 8 nitrogen and oxygen atoms in total. The molecule has 0 aliphatic carbocycles. The van der Waals surface area contributed by atoms with Crippen LogP contribution in [0.5, 0.6) is 0 Å². The number of fused-ring (bicyclic) bond motifs is 1. The number of rotatable bonds is 8. The van der Waals surface area contributed by atoms with Crippen molar-refractivity contribution in [2.75, 3.05) is 13.1 Å². The molecule has 2 saturated heterocycles. The van der Waals surface area contributed by atoms with E-state index in [1.54, 1.807) is 51.7 Å². The molecule has 1 N–H and O–H groups in total. The third kappa shape index (κ3) is 5.78. The minimum absolute atomic E-state index is 0.00396. The summed E-state index contributed by atoms with van der Waals surface area (Å²) in [4.78, 5) is 61.4. The number of nitrogens with one attached hydrogen (secondary N) is 1. The van der Waals surface area contributed by atoms with Gasteiger partial charge in [0, 0.05) is 29.4 Å². The molecule has 0 radical (unpaired) electrons. The number of likely N-dealkylation sites (tertiary alicyclic amines) is 2. The summed E-state index contributed by atoms with van der Waals surface area (Å²) in [6, 6.07) is 13.2. The fourth-order valence-corrected chi connectivity index (χ4v) is 6.26. The fourth-order valence-electron chi connectivity index (χ4n) is 5.53. The number of ketones is 1. The van der Waals surface area contributed by atoms with Crippen LogP contribution >= 0.6 is 11.3 Å². The first-order chi connectivity index (χ1) is 18.8. The van der Waals surface area contributed by atoms with Crippen molar-refractivity contribution in [1.29, 1.82) is 0 Å².